The standard InChI is InChI=1S/C27H27N5O3/c1-29(2)15-16-30-22-12-6-5-11-21(22)28-25(30)18-32-24-14-8-7-13-23(24)31(27(32)35)17-19-9-3-4-10-20(19)26(33)34/h3-14H,15-18H2,1-2H3,(H,33,34). The highest BCUT2D eigenvalue weighted by Gasteiger charge is 2.19. The normalized spacial score (nSPS) is 11.6. The van der Waals surface area contributed by atoms with Gasteiger partial charge in [0, 0.05) is 13.1 Å². The van der Waals surface area contributed by atoms with Crippen molar-refractivity contribution in [1.29, 1.82) is 0 Å². The Balaban J connectivity index is 1.62. The van der Waals surface area contributed by atoms with E-state index in [1.807, 2.05) is 56.6 Å². The van der Waals surface area contributed by atoms with Crippen molar-refractivity contribution < 1.29 is 9.90 Å². The summed E-state index contributed by atoms with van der Waals surface area (Å²) in [5.74, 6) is -0.198. The average Bonchev–Trinajstić information content (AvgIpc) is 3.33. The molecule has 8 nitrogen and oxygen atoms in total. The molecule has 0 bridgehead atoms. The van der Waals surface area contributed by atoms with E-state index in [1.54, 1.807) is 33.4 Å². The minimum atomic E-state index is -1.01. The predicted molar refractivity (Wildman–Crippen MR) is 136 cm³/mol. The minimum Gasteiger partial charge on any atom is -0.478 e. The number of imidazole rings is 2. The molecule has 5 rings (SSSR count). The van der Waals surface area contributed by atoms with Crippen LogP contribution in [-0.2, 0) is 19.6 Å². The van der Waals surface area contributed by atoms with E-state index in [0.29, 0.717) is 12.1 Å². The van der Waals surface area contributed by atoms with Crippen LogP contribution in [-0.4, -0.2) is 55.3 Å². The highest BCUT2D eigenvalue weighted by Crippen LogP contribution is 2.20. The summed E-state index contributed by atoms with van der Waals surface area (Å²) in [4.78, 5) is 32.4. The van der Waals surface area contributed by atoms with E-state index in [1.165, 1.54) is 0 Å². The van der Waals surface area contributed by atoms with Crippen LogP contribution in [0.1, 0.15) is 21.7 Å². The predicted octanol–water partition coefficient (Wildman–Crippen LogP) is 3.51. The van der Waals surface area contributed by atoms with Gasteiger partial charge in [-0.05, 0) is 50.0 Å². The first-order chi connectivity index (χ1) is 16.9. The average molecular weight is 470 g/mol. The van der Waals surface area contributed by atoms with Crippen molar-refractivity contribution in [3.8, 4) is 0 Å². The van der Waals surface area contributed by atoms with Crippen molar-refractivity contribution in [2.45, 2.75) is 19.6 Å². The molecule has 0 amide bonds. The van der Waals surface area contributed by atoms with Crippen molar-refractivity contribution in [2.24, 2.45) is 0 Å². The van der Waals surface area contributed by atoms with Crippen LogP contribution in [0.3, 0.4) is 0 Å². The number of hydrogen-bond acceptors (Lipinski definition) is 4. The fraction of sp³-hybridized carbons (Fsp3) is 0.222. The fourth-order valence-corrected chi connectivity index (χ4v) is 4.55. The topological polar surface area (TPSA) is 85.3 Å². The third-order valence-corrected chi connectivity index (χ3v) is 6.31. The van der Waals surface area contributed by atoms with Gasteiger partial charge in [0.15, 0.2) is 0 Å². The Morgan fingerprint density at radius 2 is 1.43 bits per heavy atom. The van der Waals surface area contributed by atoms with Gasteiger partial charge >= 0.3 is 11.7 Å². The van der Waals surface area contributed by atoms with Crippen LogP contribution in [0.2, 0.25) is 0 Å². The molecule has 8 heteroatoms. The molecule has 0 aliphatic heterocycles. The number of aromatic nitrogens is 4. The molecule has 0 spiro atoms. The quantitative estimate of drug-likeness (QED) is 0.376. The van der Waals surface area contributed by atoms with Crippen molar-refractivity contribution in [3.05, 3.63) is 100 Å². The van der Waals surface area contributed by atoms with Crippen molar-refractivity contribution in [3.63, 3.8) is 0 Å². The molecule has 0 saturated carbocycles. The Labute approximate surface area is 202 Å². The van der Waals surface area contributed by atoms with Gasteiger partial charge in [-0.15, -0.1) is 0 Å². The Morgan fingerprint density at radius 1 is 0.829 bits per heavy atom. The number of carboxylic acids is 1. The molecule has 3 aromatic carbocycles. The first-order valence-electron chi connectivity index (χ1n) is 11.5. The molecule has 0 fully saturated rings. The lowest BCUT2D eigenvalue weighted by Gasteiger charge is -2.13. The maximum atomic E-state index is 13.7. The number of carboxylic acid groups (broad SMARTS) is 1. The second-order valence-electron chi connectivity index (χ2n) is 8.88. The lowest BCUT2D eigenvalue weighted by molar-refractivity contribution is 0.0695. The number of hydrogen-bond donors (Lipinski definition) is 1. The molecule has 0 aliphatic rings. The third kappa shape index (κ3) is 4.24. The Bertz CT molecular complexity index is 1590. The van der Waals surface area contributed by atoms with E-state index in [0.717, 1.165) is 41.0 Å². The van der Waals surface area contributed by atoms with Crippen LogP contribution in [0.5, 0.6) is 0 Å². The number of likely N-dealkylation sites (N-methyl/N-ethyl adjacent to an activating group) is 1. The lowest BCUT2D eigenvalue weighted by Crippen LogP contribution is -2.27. The monoisotopic (exact) mass is 469 g/mol. The molecule has 0 atom stereocenters. The number of para-hydroxylation sites is 4. The molecular weight excluding hydrogens is 442 g/mol. The molecule has 2 aromatic heterocycles. The molecule has 0 unspecified atom stereocenters. The van der Waals surface area contributed by atoms with Crippen LogP contribution in [0.15, 0.2) is 77.6 Å². The smallest absolute Gasteiger partial charge is 0.336 e. The van der Waals surface area contributed by atoms with E-state index < -0.39 is 5.97 Å². The minimum absolute atomic E-state index is 0.172. The van der Waals surface area contributed by atoms with E-state index in [-0.39, 0.29) is 17.8 Å². The van der Waals surface area contributed by atoms with E-state index in [4.69, 9.17) is 4.98 Å². The van der Waals surface area contributed by atoms with Gasteiger partial charge in [-0.2, -0.15) is 0 Å². The number of nitrogens with zero attached hydrogens (tertiary/aromatic N) is 5. The van der Waals surface area contributed by atoms with E-state index in [2.05, 4.69) is 15.5 Å². The van der Waals surface area contributed by atoms with Crippen molar-refractivity contribution in [1.82, 2.24) is 23.6 Å². The molecule has 0 aliphatic carbocycles. The van der Waals surface area contributed by atoms with Crippen LogP contribution in [0, 0.1) is 0 Å². The van der Waals surface area contributed by atoms with Gasteiger partial charge in [-0.25, -0.2) is 14.6 Å². The van der Waals surface area contributed by atoms with Gasteiger partial charge in [0.25, 0.3) is 0 Å². The van der Waals surface area contributed by atoms with Crippen LogP contribution >= 0.6 is 0 Å². The molecule has 5 aromatic rings. The SMILES string of the molecule is CN(C)CCn1c(Cn2c(=O)n(Cc3ccccc3C(=O)O)c3ccccc32)nc2ccccc21. The van der Waals surface area contributed by atoms with Crippen LogP contribution < -0.4 is 5.69 Å². The van der Waals surface area contributed by atoms with Gasteiger partial charge in [-0.1, -0.05) is 42.5 Å². The second-order valence-corrected chi connectivity index (χ2v) is 8.88. The highest BCUT2D eigenvalue weighted by molar-refractivity contribution is 5.89. The number of aromatic carboxylic acids is 1. The molecule has 0 radical (unpaired) electrons. The zero-order valence-electron chi connectivity index (χ0n) is 19.8. The number of fused-ring (bicyclic) bond motifs is 2. The Kier molecular flexibility index (Phi) is 5.96. The molecule has 1 N–H and O–H groups in total. The summed E-state index contributed by atoms with van der Waals surface area (Å²) in [5, 5.41) is 9.61. The summed E-state index contributed by atoms with van der Waals surface area (Å²) in [5.41, 5.74) is 4.07. The zero-order chi connectivity index (χ0) is 24.5. The largest absolute Gasteiger partial charge is 0.478 e. The lowest BCUT2D eigenvalue weighted by atomic mass is 10.1. The molecule has 0 saturated heterocycles. The van der Waals surface area contributed by atoms with Gasteiger partial charge in [0.05, 0.1) is 40.7 Å². The molecule has 35 heavy (non-hydrogen) atoms. The zero-order valence-corrected chi connectivity index (χ0v) is 19.8. The van der Waals surface area contributed by atoms with Crippen molar-refractivity contribution in [2.75, 3.05) is 20.6 Å². The van der Waals surface area contributed by atoms with Gasteiger partial charge in [-0.3, -0.25) is 9.13 Å². The Morgan fingerprint density at radius 3 is 2.11 bits per heavy atom. The molecular formula is C27H27N5O3. The summed E-state index contributed by atoms with van der Waals surface area (Å²) in [7, 11) is 4.07. The van der Waals surface area contributed by atoms with Crippen LogP contribution in [0.25, 0.3) is 22.1 Å². The molecule has 178 valence electrons. The summed E-state index contributed by atoms with van der Waals surface area (Å²) >= 11 is 0. The van der Waals surface area contributed by atoms with Gasteiger partial charge in [0.2, 0.25) is 0 Å². The summed E-state index contributed by atoms with van der Waals surface area (Å²) in [6.07, 6.45) is 0. The highest BCUT2D eigenvalue weighted by atomic mass is 16.4. The molecule has 2 heterocycles. The first-order valence-corrected chi connectivity index (χ1v) is 11.5. The fourth-order valence-electron chi connectivity index (χ4n) is 4.55. The summed E-state index contributed by atoms with van der Waals surface area (Å²) in [6.45, 7) is 2.08. The summed E-state index contributed by atoms with van der Waals surface area (Å²) in [6, 6.07) is 22.4. The van der Waals surface area contributed by atoms with E-state index >= 15 is 0 Å². The number of carbonyl (C=O) groups is 1. The Hall–Kier alpha value is -4.17. The van der Waals surface area contributed by atoms with Crippen LogP contribution in [0.4, 0.5) is 0 Å². The number of rotatable bonds is 8. The maximum absolute atomic E-state index is 13.7. The summed E-state index contributed by atoms with van der Waals surface area (Å²) < 4.78 is 5.55. The third-order valence-electron chi connectivity index (χ3n) is 6.31. The van der Waals surface area contributed by atoms with Crippen molar-refractivity contribution >= 4 is 28.0 Å². The van der Waals surface area contributed by atoms with Gasteiger partial charge in [0.1, 0.15) is 5.82 Å². The first kappa shape index (κ1) is 22.6. The van der Waals surface area contributed by atoms with Gasteiger partial charge < -0.3 is 14.6 Å². The number of benzene rings is 3. The second kappa shape index (κ2) is 9.23. The van der Waals surface area contributed by atoms with E-state index in [9.17, 15) is 14.7 Å². The maximum Gasteiger partial charge on any atom is 0.336 e.